The Kier molecular flexibility index (Phi) is 7.74. The van der Waals surface area contributed by atoms with E-state index in [2.05, 4.69) is 42.4 Å². The van der Waals surface area contributed by atoms with Crippen LogP contribution in [-0.2, 0) is 4.79 Å². The maximum Gasteiger partial charge on any atom is 0.277 e. The van der Waals surface area contributed by atoms with Crippen LogP contribution in [0.25, 0.3) is 0 Å². The SMILES string of the molecule is COc1cc(/C=N\NC(=O)COc2ccc(Cl)cc2Br)cc(Br)c1OC. The summed E-state index contributed by atoms with van der Waals surface area (Å²) in [5.41, 5.74) is 3.11. The fraction of sp³-hybridized carbons (Fsp3) is 0.176. The summed E-state index contributed by atoms with van der Waals surface area (Å²) >= 11 is 12.6. The topological polar surface area (TPSA) is 69.2 Å². The van der Waals surface area contributed by atoms with E-state index in [1.165, 1.54) is 6.21 Å². The molecular formula is C17H15Br2ClN2O4. The second-order valence-corrected chi connectivity index (χ2v) is 7.04. The Hall–Kier alpha value is -1.77. The zero-order valence-electron chi connectivity index (χ0n) is 13.9. The lowest BCUT2D eigenvalue weighted by Crippen LogP contribution is -2.24. The third kappa shape index (κ3) is 5.62. The number of nitrogens with one attached hydrogen (secondary N) is 1. The standard InChI is InChI=1S/C17H15Br2ClN2O4/c1-24-15-6-10(5-13(19)17(15)25-2)8-21-22-16(23)9-26-14-4-3-11(20)7-12(14)18/h3-8H,9H2,1-2H3,(H,22,23)/b21-8-. The summed E-state index contributed by atoms with van der Waals surface area (Å²) < 4.78 is 17.3. The molecule has 0 bridgehead atoms. The highest BCUT2D eigenvalue weighted by molar-refractivity contribution is 9.10. The van der Waals surface area contributed by atoms with Crippen molar-refractivity contribution in [2.45, 2.75) is 0 Å². The van der Waals surface area contributed by atoms with Crippen molar-refractivity contribution < 1.29 is 19.0 Å². The number of nitrogens with zero attached hydrogens (tertiary/aromatic N) is 1. The molecule has 0 aromatic heterocycles. The number of halogens is 3. The van der Waals surface area contributed by atoms with Crippen LogP contribution in [0.15, 0.2) is 44.4 Å². The molecule has 1 amide bonds. The van der Waals surface area contributed by atoms with E-state index in [-0.39, 0.29) is 6.61 Å². The fourth-order valence-corrected chi connectivity index (χ4v) is 3.38. The van der Waals surface area contributed by atoms with Crippen molar-refractivity contribution in [2.75, 3.05) is 20.8 Å². The lowest BCUT2D eigenvalue weighted by molar-refractivity contribution is -0.123. The molecule has 0 aliphatic heterocycles. The highest BCUT2D eigenvalue weighted by Gasteiger charge is 2.10. The minimum atomic E-state index is -0.400. The van der Waals surface area contributed by atoms with E-state index in [0.717, 1.165) is 5.56 Å². The largest absolute Gasteiger partial charge is 0.493 e. The minimum absolute atomic E-state index is 0.187. The molecule has 0 unspecified atom stereocenters. The van der Waals surface area contributed by atoms with E-state index >= 15 is 0 Å². The molecule has 0 radical (unpaired) electrons. The van der Waals surface area contributed by atoms with E-state index < -0.39 is 5.91 Å². The number of methoxy groups -OCH3 is 2. The van der Waals surface area contributed by atoms with Crippen molar-refractivity contribution in [1.82, 2.24) is 5.43 Å². The van der Waals surface area contributed by atoms with Crippen LogP contribution in [0, 0.1) is 0 Å². The number of ether oxygens (including phenoxy) is 3. The molecule has 0 saturated heterocycles. The second kappa shape index (κ2) is 9.80. The van der Waals surface area contributed by atoms with Crippen molar-refractivity contribution in [3.63, 3.8) is 0 Å². The smallest absolute Gasteiger partial charge is 0.277 e. The molecule has 0 aliphatic carbocycles. The Labute approximate surface area is 172 Å². The first-order chi connectivity index (χ1) is 12.4. The van der Waals surface area contributed by atoms with Gasteiger partial charge in [-0.2, -0.15) is 5.10 Å². The third-order valence-corrected chi connectivity index (χ3v) is 4.56. The molecule has 0 atom stereocenters. The number of benzene rings is 2. The molecule has 0 heterocycles. The van der Waals surface area contributed by atoms with Crippen molar-refractivity contribution in [3.8, 4) is 17.2 Å². The number of amides is 1. The summed E-state index contributed by atoms with van der Waals surface area (Å²) in [5.74, 6) is 1.24. The number of carbonyl (C=O) groups excluding carboxylic acids is 1. The first-order valence-electron chi connectivity index (χ1n) is 7.26. The van der Waals surface area contributed by atoms with Crippen molar-refractivity contribution in [1.29, 1.82) is 0 Å². The van der Waals surface area contributed by atoms with Crippen LogP contribution in [0.4, 0.5) is 0 Å². The summed E-state index contributed by atoms with van der Waals surface area (Å²) in [6, 6.07) is 8.55. The predicted molar refractivity (Wildman–Crippen MR) is 108 cm³/mol. The van der Waals surface area contributed by atoms with Gasteiger partial charge < -0.3 is 14.2 Å². The van der Waals surface area contributed by atoms with Gasteiger partial charge in [-0.3, -0.25) is 4.79 Å². The van der Waals surface area contributed by atoms with E-state index in [4.69, 9.17) is 25.8 Å². The van der Waals surface area contributed by atoms with E-state index in [0.29, 0.717) is 31.2 Å². The zero-order chi connectivity index (χ0) is 19.1. The van der Waals surface area contributed by atoms with Gasteiger partial charge in [0.1, 0.15) is 5.75 Å². The summed E-state index contributed by atoms with van der Waals surface area (Å²) in [4.78, 5) is 11.8. The monoisotopic (exact) mass is 504 g/mol. The Balaban J connectivity index is 1.93. The first kappa shape index (κ1) is 20.5. The summed E-state index contributed by atoms with van der Waals surface area (Å²) in [5, 5.41) is 4.48. The number of rotatable bonds is 7. The average Bonchev–Trinajstić information content (AvgIpc) is 2.60. The van der Waals surface area contributed by atoms with Gasteiger partial charge in [-0.1, -0.05) is 11.6 Å². The molecule has 1 N–H and O–H groups in total. The van der Waals surface area contributed by atoms with Crippen molar-refractivity contribution >= 4 is 55.6 Å². The molecule has 0 aliphatic rings. The minimum Gasteiger partial charge on any atom is -0.493 e. The molecule has 0 saturated carbocycles. The molecule has 6 nitrogen and oxygen atoms in total. The lowest BCUT2D eigenvalue weighted by atomic mass is 10.2. The van der Waals surface area contributed by atoms with Crippen LogP contribution in [0.2, 0.25) is 5.02 Å². The lowest BCUT2D eigenvalue weighted by Gasteiger charge is -2.10. The Bertz CT molecular complexity index is 831. The van der Waals surface area contributed by atoms with Crippen LogP contribution < -0.4 is 19.6 Å². The molecule has 138 valence electrons. The molecule has 0 spiro atoms. The van der Waals surface area contributed by atoms with E-state index in [1.54, 1.807) is 44.6 Å². The van der Waals surface area contributed by atoms with Gasteiger partial charge >= 0.3 is 0 Å². The zero-order valence-corrected chi connectivity index (χ0v) is 17.8. The fourth-order valence-electron chi connectivity index (χ4n) is 1.96. The molecule has 0 fully saturated rings. The molecule has 2 aromatic carbocycles. The number of hydrazone groups is 1. The summed E-state index contributed by atoms with van der Waals surface area (Å²) in [6.45, 7) is -0.187. The van der Waals surface area contributed by atoms with Crippen molar-refractivity contribution in [3.05, 3.63) is 49.9 Å². The Morgan fingerprint density at radius 1 is 1.15 bits per heavy atom. The Morgan fingerprint density at radius 3 is 2.58 bits per heavy atom. The van der Waals surface area contributed by atoms with Gasteiger partial charge in [-0.25, -0.2) is 5.43 Å². The average molecular weight is 507 g/mol. The maximum absolute atomic E-state index is 11.8. The van der Waals surface area contributed by atoms with Gasteiger partial charge in [0.25, 0.3) is 5.91 Å². The maximum atomic E-state index is 11.8. The summed E-state index contributed by atoms with van der Waals surface area (Å²) in [7, 11) is 3.09. The Morgan fingerprint density at radius 2 is 1.92 bits per heavy atom. The highest BCUT2D eigenvalue weighted by Crippen LogP contribution is 2.35. The molecule has 9 heteroatoms. The molecule has 2 rings (SSSR count). The first-order valence-corrected chi connectivity index (χ1v) is 9.22. The van der Waals surface area contributed by atoms with Crippen LogP contribution >= 0.6 is 43.5 Å². The second-order valence-electron chi connectivity index (χ2n) is 4.89. The van der Waals surface area contributed by atoms with Crippen LogP contribution in [-0.4, -0.2) is 32.9 Å². The van der Waals surface area contributed by atoms with E-state index in [9.17, 15) is 4.79 Å². The van der Waals surface area contributed by atoms with Crippen LogP contribution in [0.5, 0.6) is 17.2 Å². The van der Waals surface area contributed by atoms with Crippen LogP contribution in [0.3, 0.4) is 0 Å². The molecular weight excluding hydrogens is 491 g/mol. The number of hydrogen-bond donors (Lipinski definition) is 1. The van der Waals surface area contributed by atoms with Gasteiger partial charge in [-0.05, 0) is 67.8 Å². The van der Waals surface area contributed by atoms with Gasteiger partial charge in [-0.15, -0.1) is 0 Å². The highest BCUT2D eigenvalue weighted by atomic mass is 79.9. The van der Waals surface area contributed by atoms with Gasteiger partial charge in [0, 0.05) is 5.02 Å². The normalized spacial score (nSPS) is 10.7. The van der Waals surface area contributed by atoms with Crippen LogP contribution in [0.1, 0.15) is 5.56 Å². The number of carbonyl (C=O) groups is 1. The van der Waals surface area contributed by atoms with Crippen molar-refractivity contribution in [2.24, 2.45) is 5.10 Å². The van der Waals surface area contributed by atoms with E-state index in [1.807, 2.05) is 0 Å². The third-order valence-electron chi connectivity index (χ3n) is 3.11. The molecule has 26 heavy (non-hydrogen) atoms. The predicted octanol–water partition coefficient (Wildman–Crippen LogP) is 4.41. The summed E-state index contributed by atoms with van der Waals surface area (Å²) in [6.07, 6.45) is 1.49. The quantitative estimate of drug-likeness (QED) is 0.446. The molecule has 2 aromatic rings. The van der Waals surface area contributed by atoms with Gasteiger partial charge in [0.2, 0.25) is 0 Å². The van der Waals surface area contributed by atoms with Gasteiger partial charge in [0.15, 0.2) is 18.1 Å². The number of hydrogen-bond acceptors (Lipinski definition) is 5. The van der Waals surface area contributed by atoms with Gasteiger partial charge in [0.05, 0.1) is 29.4 Å².